The zero-order valence-electron chi connectivity index (χ0n) is 9.74. The highest BCUT2D eigenvalue weighted by molar-refractivity contribution is 5.61. The van der Waals surface area contributed by atoms with Crippen molar-refractivity contribution in [3.63, 3.8) is 0 Å². The second-order valence-corrected chi connectivity index (χ2v) is 3.80. The Morgan fingerprint density at radius 1 is 1.28 bits per heavy atom. The molecule has 0 aromatic carbocycles. The summed E-state index contributed by atoms with van der Waals surface area (Å²) < 4.78 is 6.78. The second kappa shape index (κ2) is 3.99. The van der Waals surface area contributed by atoms with E-state index in [1.165, 1.54) is 0 Å². The molecule has 0 radical (unpaired) electrons. The third-order valence-electron chi connectivity index (χ3n) is 2.58. The Morgan fingerprint density at radius 2 is 2.17 bits per heavy atom. The summed E-state index contributed by atoms with van der Waals surface area (Å²) >= 11 is 0. The van der Waals surface area contributed by atoms with Gasteiger partial charge in [0.05, 0.1) is 25.2 Å². The smallest absolute Gasteiger partial charge is 0.156 e. The summed E-state index contributed by atoms with van der Waals surface area (Å²) in [6.07, 6.45) is 5.06. The Labute approximate surface area is 103 Å². The molecule has 3 aromatic heterocycles. The first kappa shape index (κ1) is 10.5. The van der Waals surface area contributed by atoms with E-state index < -0.39 is 0 Å². The normalized spacial score (nSPS) is 10.7. The molecule has 6 nitrogen and oxygen atoms in total. The number of hydrogen-bond donors (Lipinski definition) is 1. The molecule has 6 heteroatoms. The van der Waals surface area contributed by atoms with E-state index in [-0.39, 0.29) is 0 Å². The Hall–Kier alpha value is -2.63. The van der Waals surface area contributed by atoms with Gasteiger partial charge in [-0.05, 0) is 18.2 Å². The van der Waals surface area contributed by atoms with E-state index in [0.717, 1.165) is 11.3 Å². The number of nitrogens with zero attached hydrogens (tertiary/aromatic N) is 4. The summed E-state index contributed by atoms with van der Waals surface area (Å²) in [6, 6.07) is 5.61. The molecular formula is C12H11N5O. The molecule has 0 fully saturated rings. The molecule has 0 unspecified atom stereocenters. The van der Waals surface area contributed by atoms with Crippen LogP contribution in [-0.2, 0) is 0 Å². The summed E-state index contributed by atoms with van der Waals surface area (Å²) in [5, 5.41) is 4.42. The highest BCUT2D eigenvalue weighted by atomic mass is 16.5. The third kappa shape index (κ3) is 1.73. The van der Waals surface area contributed by atoms with Gasteiger partial charge in [0.2, 0.25) is 0 Å². The predicted molar refractivity (Wildman–Crippen MR) is 67.2 cm³/mol. The van der Waals surface area contributed by atoms with Gasteiger partial charge < -0.3 is 10.5 Å². The largest absolute Gasteiger partial charge is 0.495 e. The van der Waals surface area contributed by atoms with Gasteiger partial charge in [0.25, 0.3) is 0 Å². The van der Waals surface area contributed by atoms with E-state index >= 15 is 0 Å². The SMILES string of the molecule is COc1cncc(-c2ccc3nc(N)cn3n2)c1. The molecule has 3 rings (SSSR count). The first-order valence-corrected chi connectivity index (χ1v) is 5.37. The molecule has 2 N–H and O–H groups in total. The van der Waals surface area contributed by atoms with E-state index in [1.54, 1.807) is 30.2 Å². The summed E-state index contributed by atoms with van der Waals surface area (Å²) in [5.74, 6) is 1.14. The lowest BCUT2D eigenvalue weighted by atomic mass is 10.2. The summed E-state index contributed by atoms with van der Waals surface area (Å²) in [5.41, 5.74) is 8.00. The lowest BCUT2D eigenvalue weighted by Crippen LogP contribution is -1.94. The highest BCUT2D eigenvalue weighted by Crippen LogP contribution is 2.20. The molecule has 0 aliphatic carbocycles. The first-order chi connectivity index (χ1) is 8.76. The monoisotopic (exact) mass is 241 g/mol. The molecular weight excluding hydrogens is 230 g/mol. The molecule has 0 bridgehead atoms. The summed E-state index contributed by atoms with van der Waals surface area (Å²) in [4.78, 5) is 8.22. The highest BCUT2D eigenvalue weighted by Gasteiger charge is 2.05. The number of hydrogen-bond acceptors (Lipinski definition) is 5. The van der Waals surface area contributed by atoms with Crippen LogP contribution in [0.5, 0.6) is 5.75 Å². The average molecular weight is 241 g/mol. The fourth-order valence-electron chi connectivity index (χ4n) is 1.72. The summed E-state index contributed by atoms with van der Waals surface area (Å²) in [7, 11) is 1.61. The number of rotatable bonds is 2. The molecule has 0 atom stereocenters. The predicted octanol–water partition coefficient (Wildman–Crippen LogP) is 1.38. The Balaban J connectivity index is 2.12. The minimum atomic E-state index is 0.448. The topological polar surface area (TPSA) is 78.3 Å². The molecule has 90 valence electrons. The average Bonchev–Trinajstić information content (AvgIpc) is 2.77. The van der Waals surface area contributed by atoms with Gasteiger partial charge in [-0.15, -0.1) is 0 Å². The van der Waals surface area contributed by atoms with Gasteiger partial charge in [0, 0.05) is 11.8 Å². The molecule has 0 spiro atoms. The van der Waals surface area contributed by atoms with Gasteiger partial charge in [0.15, 0.2) is 5.65 Å². The van der Waals surface area contributed by atoms with Gasteiger partial charge in [0.1, 0.15) is 11.6 Å². The van der Waals surface area contributed by atoms with Crippen molar-refractivity contribution in [2.45, 2.75) is 0 Å². The molecule has 0 saturated carbocycles. The maximum absolute atomic E-state index is 5.62. The molecule has 0 saturated heterocycles. The Morgan fingerprint density at radius 3 is 3.00 bits per heavy atom. The van der Waals surface area contributed by atoms with Crippen molar-refractivity contribution in [2.75, 3.05) is 12.8 Å². The van der Waals surface area contributed by atoms with Crippen molar-refractivity contribution in [2.24, 2.45) is 0 Å². The quantitative estimate of drug-likeness (QED) is 0.733. The van der Waals surface area contributed by atoms with Crippen LogP contribution in [0.3, 0.4) is 0 Å². The van der Waals surface area contributed by atoms with Gasteiger partial charge in [-0.1, -0.05) is 0 Å². The number of fused-ring (bicyclic) bond motifs is 1. The van der Waals surface area contributed by atoms with Crippen LogP contribution in [0.15, 0.2) is 36.8 Å². The fraction of sp³-hybridized carbons (Fsp3) is 0.0833. The maximum atomic E-state index is 5.62. The van der Waals surface area contributed by atoms with Crippen LogP contribution in [0.1, 0.15) is 0 Å². The van der Waals surface area contributed by atoms with Crippen molar-refractivity contribution >= 4 is 11.5 Å². The number of anilines is 1. The number of imidazole rings is 1. The van der Waals surface area contributed by atoms with Gasteiger partial charge in [-0.25, -0.2) is 9.50 Å². The first-order valence-electron chi connectivity index (χ1n) is 5.37. The standard InChI is InChI=1S/C12H11N5O/c1-18-9-4-8(5-14-6-9)10-2-3-12-15-11(13)7-17(12)16-10/h2-7H,13H2,1H3. The van der Waals surface area contributed by atoms with E-state index in [1.807, 2.05) is 18.2 Å². The maximum Gasteiger partial charge on any atom is 0.156 e. The lowest BCUT2D eigenvalue weighted by Gasteiger charge is -2.03. The number of nitrogens with two attached hydrogens (primary N) is 1. The van der Waals surface area contributed by atoms with Gasteiger partial charge in [-0.3, -0.25) is 4.98 Å². The molecule has 3 heterocycles. The lowest BCUT2D eigenvalue weighted by molar-refractivity contribution is 0.413. The van der Waals surface area contributed by atoms with Crippen LogP contribution in [0, 0.1) is 0 Å². The number of pyridine rings is 1. The minimum absolute atomic E-state index is 0.448. The molecule has 0 aliphatic rings. The number of aromatic nitrogens is 4. The van der Waals surface area contributed by atoms with Crippen molar-refractivity contribution in [3.8, 4) is 17.0 Å². The van der Waals surface area contributed by atoms with Crippen molar-refractivity contribution in [3.05, 3.63) is 36.8 Å². The zero-order chi connectivity index (χ0) is 12.5. The van der Waals surface area contributed by atoms with E-state index in [4.69, 9.17) is 10.5 Å². The second-order valence-electron chi connectivity index (χ2n) is 3.80. The van der Waals surface area contributed by atoms with Gasteiger partial charge >= 0.3 is 0 Å². The van der Waals surface area contributed by atoms with Crippen LogP contribution in [-0.4, -0.2) is 26.7 Å². The third-order valence-corrected chi connectivity index (χ3v) is 2.58. The number of ether oxygens (including phenoxy) is 1. The Kier molecular flexibility index (Phi) is 2.33. The number of methoxy groups -OCH3 is 1. The fourth-order valence-corrected chi connectivity index (χ4v) is 1.72. The van der Waals surface area contributed by atoms with Crippen LogP contribution in [0.4, 0.5) is 5.82 Å². The molecule has 18 heavy (non-hydrogen) atoms. The van der Waals surface area contributed by atoms with Crippen LogP contribution in [0.2, 0.25) is 0 Å². The van der Waals surface area contributed by atoms with Crippen LogP contribution >= 0.6 is 0 Å². The van der Waals surface area contributed by atoms with E-state index in [2.05, 4.69) is 15.1 Å². The Bertz CT molecular complexity index is 707. The van der Waals surface area contributed by atoms with Crippen molar-refractivity contribution < 1.29 is 4.74 Å². The van der Waals surface area contributed by atoms with E-state index in [0.29, 0.717) is 17.2 Å². The van der Waals surface area contributed by atoms with Crippen LogP contribution < -0.4 is 10.5 Å². The molecule has 0 aliphatic heterocycles. The number of nitrogen functional groups attached to an aromatic ring is 1. The van der Waals surface area contributed by atoms with Crippen molar-refractivity contribution in [1.82, 2.24) is 19.6 Å². The molecule has 3 aromatic rings. The van der Waals surface area contributed by atoms with Crippen LogP contribution in [0.25, 0.3) is 16.9 Å². The molecule has 0 amide bonds. The van der Waals surface area contributed by atoms with E-state index in [9.17, 15) is 0 Å². The van der Waals surface area contributed by atoms with Crippen molar-refractivity contribution in [1.29, 1.82) is 0 Å². The zero-order valence-corrected chi connectivity index (χ0v) is 9.74. The van der Waals surface area contributed by atoms with Gasteiger partial charge in [-0.2, -0.15) is 5.10 Å². The minimum Gasteiger partial charge on any atom is -0.495 e. The summed E-state index contributed by atoms with van der Waals surface area (Å²) in [6.45, 7) is 0.